The zero-order valence-corrected chi connectivity index (χ0v) is 9.99. The molecule has 8 nitrogen and oxygen atoms in total. The van der Waals surface area contributed by atoms with Crippen molar-refractivity contribution in [2.45, 2.75) is 0 Å². The third-order valence-electron chi connectivity index (χ3n) is 1.46. The lowest BCUT2D eigenvalue weighted by Crippen LogP contribution is -2.09. The predicted octanol–water partition coefficient (Wildman–Crippen LogP) is -0.322. The van der Waals surface area contributed by atoms with Crippen molar-refractivity contribution in [2.24, 2.45) is 11.7 Å². The van der Waals surface area contributed by atoms with Crippen LogP contribution in [0.4, 0.5) is 0 Å². The third kappa shape index (κ3) is 8.95. The van der Waals surface area contributed by atoms with Gasteiger partial charge in [0.25, 0.3) is 0 Å². The van der Waals surface area contributed by atoms with Gasteiger partial charge in [-0.2, -0.15) is 0 Å². The molecule has 0 aromatic heterocycles. The largest absolute Gasteiger partial charge is 0.497 e. The van der Waals surface area contributed by atoms with Crippen molar-refractivity contribution < 1.29 is 29.3 Å². The molecule has 1 aromatic rings. The van der Waals surface area contributed by atoms with E-state index in [1.165, 1.54) is 0 Å². The lowest BCUT2D eigenvalue weighted by atomic mass is 10.3. The molecule has 0 aliphatic heterocycles. The summed E-state index contributed by atoms with van der Waals surface area (Å²) in [5, 5.41) is 14.8. The Hall–Kier alpha value is -2.32. The van der Waals surface area contributed by atoms with E-state index in [4.69, 9.17) is 29.3 Å². The van der Waals surface area contributed by atoms with Crippen molar-refractivity contribution in [1.29, 1.82) is 0 Å². The van der Waals surface area contributed by atoms with E-state index in [1.807, 2.05) is 24.3 Å². The summed E-state index contributed by atoms with van der Waals surface area (Å²) in [6.45, 7) is 0. The minimum atomic E-state index is -1.82. The maximum Gasteiger partial charge on any atom is 0.414 e. The molecule has 0 bridgehead atoms. The summed E-state index contributed by atoms with van der Waals surface area (Å²) in [5.41, 5.74) is 0. The van der Waals surface area contributed by atoms with Crippen LogP contribution in [0.3, 0.4) is 0 Å². The molecule has 6 N–H and O–H groups in total. The molecule has 0 saturated heterocycles. The van der Waals surface area contributed by atoms with Gasteiger partial charge in [-0.05, 0) is 12.1 Å². The molecule has 1 aromatic carbocycles. The van der Waals surface area contributed by atoms with Crippen LogP contribution in [0, 0.1) is 0 Å². The fourth-order valence-electron chi connectivity index (χ4n) is 0.728. The van der Waals surface area contributed by atoms with E-state index in [2.05, 4.69) is 11.7 Å². The Kier molecular flexibility index (Phi) is 11.2. The number of ether oxygens (including phenoxy) is 2. The van der Waals surface area contributed by atoms with Gasteiger partial charge in [-0.15, -0.1) is 0 Å². The smallest absolute Gasteiger partial charge is 0.414 e. The standard InChI is InChI=1S/C8H10O2.C2H2O4.H4N2/c1-9-7-4-3-5-8(6-7)10-2;3-1(4)2(5)6;1-2/h3-6H,1-2H3;(H,3,4)(H,5,6);1-2H2. The van der Waals surface area contributed by atoms with E-state index in [-0.39, 0.29) is 0 Å². The monoisotopic (exact) mass is 260 g/mol. The SMILES string of the molecule is COc1cccc(OC)c1.NN.O=C(O)C(=O)O. The summed E-state index contributed by atoms with van der Waals surface area (Å²) in [4.78, 5) is 18.2. The molecule has 102 valence electrons. The molecule has 0 radical (unpaired) electrons. The zero-order chi connectivity index (χ0) is 14.6. The summed E-state index contributed by atoms with van der Waals surface area (Å²) < 4.78 is 9.95. The zero-order valence-electron chi connectivity index (χ0n) is 9.99. The fraction of sp³-hybridized carbons (Fsp3) is 0.200. The average molecular weight is 260 g/mol. The Labute approximate surface area is 104 Å². The van der Waals surface area contributed by atoms with E-state index >= 15 is 0 Å². The van der Waals surface area contributed by atoms with Crippen molar-refractivity contribution in [1.82, 2.24) is 0 Å². The van der Waals surface area contributed by atoms with Crippen LogP contribution in [0.2, 0.25) is 0 Å². The van der Waals surface area contributed by atoms with Crippen LogP contribution in [-0.2, 0) is 9.59 Å². The molecule has 1 rings (SSSR count). The minimum absolute atomic E-state index is 0.819. The summed E-state index contributed by atoms with van der Waals surface area (Å²) in [5.74, 6) is 5.99. The van der Waals surface area contributed by atoms with E-state index in [0.29, 0.717) is 0 Å². The van der Waals surface area contributed by atoms with Crippen molar-refractivity contribution in [3.05, 3.63) is 24.3 Å². The molecular weight excluding hydrogens is 244 g/mol. The van der Waals surface area contributed by atoms with Crippen LogP contribution in [-0.4, -0.2) is 36.4 Å². The first kappa shape index (κ1) is 18.1. The Morgan fingerprint density at radius 3 is 1.56 bits per heavy atom. The summed E-state index contributed by atoms with van der Waals surface area (Å²) in [6, 6.07) is 7.47. The summed E-state index contributed by atoms with van der Waals surface area (Å²) in [7, 11) is 3.27. The molecule has 0 unspecified atom stereocenters. The van der Waals surface area contributed by atoms with E-state index in [0.717, 1.165) is 11.5 Å². The first-order chi connectivity index (χ1) is 8.51. The second kappa shape index (κ2) is 11.2. The van der Waals surface area contributed by atoms with Crippen LogP contribution in [0.1, 0.15) is 0 Å². The number of hydrogen-bond acceptors (Lipinski definition) is 6. The second-order valence-corrected chi connectivity index (χ2v) is 2.49. The number of hydrogen-bond donors (Lipinski definition) is 4. The number of methoxy groups -OCH3 is 2. The van der Waals surface area contributed by atoms with Gasteiger partial charge in [-0.3, -0.25) is 11.7 Å². The minimum Gasteiger partial charge on any atom is -0.497 e. The van der Waals surface area contributed by atoms with Gasteiger partial charge in [0.1, 0.15) is 11.5 Å². The van der Waals surface area contributed by atoms with Crippen molar-refractivity contribution in [3.8, 4) is 11.5 Å². The Morgan fingerprint density at radius 2 is 1.33 bits per heavy atom. The van der Waals surface area contributed by atoms with Gasteiger partial charge >= 0.3 is 11.9 Å². The van der Waals surface area contributed by atoms with E-state index < -0.39 is 11.9 Å². The molecule has 0 fully saturated rings. The fourth-order valence-corrected chi connectivity index (χ4v) is 0.728. The highest BCUT2D eigenvalue weighted by Gasteiger charge is 2.04. The number of carbonyl (C=O) groups is 2. The number of nitrogens with two attached hydrogens (primary N) is 2. The maximum absolute atomic E-state index is 9.10. The Balaban J connectivity index is 0. The molecule has 18 heavy (non-hydrogen) atoms. The van der Waals surface area contributed by atoms with Crippen molar-refractivity contribution in [2.75, 3.05) is 14.2 Å². The first-order valence-electron chi connectivity index (χ1n) is 4.48. The molecule has 0 atom stereocenters. The van der Waals surface area contributed by atoms with Crippen LogP contribution < -0.4 is 21.2 Å². The molecule has 8 heteroatoms. The van der Waals surface area contributed by atoms with Crippen LogP contribution >= 0.6 is 0 Å². The Bertz CT molecular complexity index is 338. The molecule has 0 aliphatic rings. The third-order valence-corrected chi connectivity index (χ3v) is 1.46. The second-order valence-electron chi connectivity index (χ2n) is 2.49. The number of carboxylic acids is 2. The predicted molar refractivity (Wildman–Crippen MR) is 63.2 cm³/mol. The van der Waals surface area contributed by atoms with Gasteiger partial charge in [-0.25, -0.2) is 9.59 Å². The van der Waals surface area contributed by atoms with E-state index in [1.54, 1.807) is 14.2 Å². The highest BCUT2D eigenvalue weighted by Crippen LogP contribution is 2.17. The highest BCUT2D eigenvalue weighted by molar-refractivity contribution is 6.27. The van der Waals surface area contributed by atoms with E-state index in [9.17, 15) is 0 Å². The molecular formula is C10H16N2O6. The topological polar surface area (TPSA) is 145 Å². The summed E-state index contributed by atoms with van der Waals surface area (Å²) >= 11 is 0. The van der Waals surface area contributed by atoms with Crippen LogP contribution in [0.15, 0.2) is 24.3 Å². The highest BCUT2D eigenvalue weighted by atomic mass is 16.5. The normalized spacial score (nSPS) is 7.78. The molecule has 0 saturated carbocycles. The van der Waals surface area contributed by atoms with Gasteiger partial charge in [0.2, 0.25) is 0 Å². The summed E-state index contributed by atoms with van der Waals surface area (Å²) in [6.07, 6.45) is 0. The van der Waals surface area contributed by atoms with Gasteiger partial charge in [0.15, 0.2) is 0 Å². The van der Waals surface area contributed by atoms with Crippen LogP contribution in [0.25, 0.3) is 0 Å². The number of carboxylic acid groups (broad SMARTS) is 2. The molecule has 0 aliphatic carbocycles. The first-order valence-corrected chi connectivity index (χ1v) is 4.48. The number of benzene rings is 1. The lowest BCUT2D eigenvalue weighted by Gasteiger charge is -2.01. The average Bonchev–Trinajstić information content (AvgIpc) is 2.41. The van der Waals surface area contributed by atoms with Gasteiger partial charge in [-0.1, -0.05) is 6.07 Å². The Morgan fingerprint density at radius 1 is 1.00 bits per heavy atom. The van der Waals surface area contributed by atoms with Crippen molar-refractivity contribution in [3.63, 3.8) is 0 Å². The molecule has 0 spiro atoms. The number of hydrazine groups is 1. The van der Waals surface area contributed by atoms with Gasteiger partial charge in [0.05, 0.1) is 14.2 Å². The molecule has 0 heterocycles. The number of rotatable bonds is 2. The van der Waals surface area contributed by atoms with Gasteiger partial charge < -0.3 is 19.7 Å². The maximum atomic E-state index is 9.10. The van der Waals surface area contributed by atoms with Gasteiger partial charge in [0, 0.05) is 6.07 Å². The quantitative estimate of drug-likeness (QED) is 0.321. The molecule has 0 amide bonds. The lowest BCUT2D eigenvalue weighted by molar-refractivity contribution is -0.159. The van der Waals surface area contributed by atoms with Crippen LogP contribution in [0.5, 0.6) is 11.5 Å². The van der Waals surface area contributed by atoms with Crippen molar-refractivity contribution >= 4 is 11.9 Å². The number of aliphatic carboxylic acids is 2.